The van der Waals surface area contributed by atoms with E-state index in [-0.39, 0.29) is 18.3 Å². The van der Waals surface area contributed by atoms with Crippen LogP contribution < -0.4 is 11.1 Å². The average Bonchev–Trinajstić information content (AvgIpc) is 2.91. The van der Waals surface area contributed by atoms with Gasteiger partial charge in [-0.1, -0.05) is 31.0 Å². The molecule has 3 nitrogen and oxygen atoms in total. The van der Waals surface area contributed by atoms with Gasteiger partial charge in [0.25, 0.3) is 0 Å². The van der Waals surface area contributed by atoms with Crippen LogP contribution in [0.2, 0.25) is 0 Å². The van der Waals surface area contributed by atoms with Crippen LogP contribution >= 0.6 is 12.4 Å². The summed E-state index contributed by atoms with van der Waals surface area (Å²) in [6, 6.07) is 8.06. The summed E-state index contributed by atoms with van der Waals surface area (Å²) in [5, 5.41) is 3.13. The highest BCUT2D eigenvalue weighted by Crippen LogP contribution is 2.27. The lowest BCUT2D eigenvalue weighted by Gasteiger charge is -2.20. The van der Waals surface area contributed by atoms with E-state index in [1.807, 2.05) is 24.3 Å². The maximum absolute atomic E-state index is 11.9. The van der Waals surface area contributed by atoms with E-state index in [0.717, 1.165) is 17.7 Å². The van der Waals surface area contributed by atoms with Crippen molar-refractivity contribution in [1.82, 2.24) is 5.32 Å². The Bertz CT molecular complexity index is 430. The lowest BCUT2D eigenvalue weighted by Crippen LogP contribution is -2.37. The van der Waals surface area contributed by atoms with E-state index in [1.54, 1.807) is 0 Å². The number of rotatable bonds is 5. The monoisotopic (exact) mass is 296 g/mol. The van der Waals surface area contributed by atoms with E-state index in [4.69, 9.17) is 5.73 Å². The van der Waals surface area contributed by atoms with Crippen molar-refractivity contribution in [1.29, 1.82) is 0 Å². The molecule has 1 unspecified atom stereocenters. The van der Waals surface area contributed by atoms with Crippen LogP contribution in [0.1, 0.15) is 44.6 Å². The van der Waals surface area contributed by atoms with E-state index in [0.29, 0.717) is 18.4 Å². The van der Waals surface area contributed by atoms with E-state index < -0.39 is 0 Å². The summed E-state index contributed by atoms with van der Waals surface area (Å²) in [5.74, 6) is 0.813. The van der Waals surface area contributed by atoms with E-state index in [2.05, 4.69) is 12.2 Å². The molecule has 112 valence electrons. The van der Waals surface area contributed by atoms with Crippen LogP contribution in [0.15, 0.2) is 24.3 Å². The minimum absolute atomic E-state index is 0. The molecule has 1 aliphatic rings. The third kappa shape index (κ3) is 4.71. The van der Waals surface area contributed by atoms with Gasteiger partial charge in [0.2, 0.25) is 5.91 Å². The van der Waals surface area contributed by atoms with Crippen LogP contribution in [0.4, 0.5) is 5.69 Å². The maximum atomic E-state index is 11.9. The van der Waals surface area contributed by atoms with E-state index in [9.17, 15) is 4.79 Å². The second kappa shape index (κ2) is 8.15. The van der Waals surface area contributed by atoms with Crippen LogP contribution in [-0.2, 0) is 11.2 Å². The Balaban J connectivity index is 0.00000200. The van der Waals surface area contributed by atoms with Gasteiger partial charge in [0.1, 0.15) is 0 Å². The zero-order valence-corrected chi connectivity index (χ0v) is 12.9. The van der Waals surface area contributed by atoms with Crippen LogP contribution in [0, 0.1) is 5.92 Å². The first-order valence-corrected chi connectivity index (χ1v) is 7.29. The fraction of sp³-hybridized carbons (Fsp3) is 0.562. The highest BCUT2D eigenvalue weighted by molar-refractivity contribution is 5.85. The van der Waals surface area contributed by atoms with E-state index in [1.165, 1.54) is 25.7 Å². The normalized spacial score (nSPS) is 16.4. The molecule has 0 heterocycles. The van der Waals surface area contributed by atoms with Crippen molar-refractivity contribution in [3.05, 3.63) is 29.8 Å². The molecule has 1 saturated carbocycles. The molecule has 2 rings (SSSR count). The van der Waals surface area contributed by atoms with Crippen molar-refractivity contribution in [3.8, 4) is 0 Å². The topological polar surface area (TPSA) is 55.1 Å². The van der Waals surface area contributed by atoms with Crippen molar-refractivity contribution < 1.29 is 4.79 Å². The molecule has 20 heavy (non-hydrogen) atoms. The van der Waals surface area contributed by atoms with Gasteiger partial charge in [-0.05, 0) is 43.7 Å². The number of amides is 1. The number of hydrogen-bond acceptors (Lipinski definition) is 2. The third-order valence-corrected chi connectivity index (χ3v) is 4.17. The molecule has 0 aliphatic heterocycles. The van der Waals surface area contributed by atoms with Crippen molar-refractivity contribution in [3.63, 3.8) is 0 Å². The summed E-state index contributed by atoms with van der Waals surface area (Å²) >= 11 is 0. The Labute approximate surface area is 127 Å². The van der Waals surface area contributed by atoms with Gasteiger partial charge in [-0.15, -0.1) is 12.4 Å². The van der Waals surface area contributed by atoms with Crippen LogP contribution in [-0.4, -0.2) is 11.9 Å². The second-order valence-electron chi connectivity index (χ2n) is 5.60. The highest BCUT2D eigenvalue weighted by atomic mass is 35.5. The molecule has 1 aromatic rings. The summed E-state index contributed by atoms with van der Waals surface area (Å²) in [7, 11) is 0. The maximum Gasteiger partial charge on any atom is 0.220 e. The first-order valence-electron chi connectivity index (χ1n) is 7.29. The lowest BCUT2D eigenvalue weighted by molar-refractivity contribution is -0.122. The van der Waals surface area contributed by atoms with Crippen LogP contribution in [0.5, 0.6) is 0 Å². The van der Waals surface area contributed by atoms with Crippen molar-refractivity contribution in [2.75, 3.05) is 5.73 Å². The summed E-state index contributed by atoms with van der Waals surface area (Å²) in [6.07, 6.45) is 6.37. The number of nitrogens with two attached hydrogens (primary N) is 1. The number of halogens is 1. The molecule has 0 bridgehead atoms. The van der Waals surface area contributed by atoms with Gasteiger partial charge < -0.3 is 11.1 Å². The zero-order valence-electron chi connectivity index (χ0n) is 12.1. The molecule has 0 radical (unpaired) electrons. The molecule has 1 atom stereocenters. The highest BCUT2D eigenvalue weighted by Gasteiger charge is 2.22. The number of para-hydroxylation sites is 1. The predicted octanol–water partition coefficient (Wildman–Crippen LogP) is 3.32. The van der Waals surface area contributed by atoms with Gasteiger partial charge in [0.15, 0.2) is 0 Å². The average molecular weight is 297 g/mol. The molecule has 1 aromatic carbocycles. The number of carbonyl (C=O) groups is 1. The zero-order chi connectivity index (χ0) is 13.7. The quantitative estimate of drug-likeness (QED) is 0.819. The molecule has 4 heteroatoms. The van der Waals surface area contributed by atoms with Crippen molar-refractivity contribution in [2.24, 2.45) is 5.92 Å². The van der Waals surface area contributed by atoms with Gasteiger partial charge in [0, 0.05) is 18.2 Å². The fourth-order valence-electron chi connectivity index (χ4n) is 2.91. The van der Waals surface area contributed by atoms with Gasteiger partial charge in [-0.25, -0.2) is 0 Å². The summed E-state index contributed by atoms with van der Waals surface area (Å²) in [6.45, 7) is 2.13. The lowest BCUT2D eigenvalue weighted by atomic mass is 9.99. The Morgan fingerprint density at radius 3 is 2.65 bits per heavy atom. The Kier molecular flexibility index (Phi) is 6.86. The smallest absolute Gasteiger partial charge is 0.220 e. The number of anilines is 1. The molecule has 0 aromatic heterocycles. The first kappa shape index (κ1) is 16.8. The molecule has 0 spiro atoms. The third-order valence-electron chi connectivity index (χ3n) is 4.17. The number of nitrogen functional groups attached to an aromatic ring is 1. The van der Waals surface area contributed by atoms with E-state index >= 15 is 0 Å². The Morgan fingerprint density at radius 1 is 1.35 bits per heavy atom. The van der Waals surface area contributed by atoms with Gasteiger partial charge >= 0.3 is 0 Å². The first-order chi connectivity index (χ1) is 9.16. The molecular formula is C16H25ClN2O. The van der Waals surface area contributed by atoms with Gasteiger partial charge in [-0.2, -0.15) is 0 Å². The second-order valence-corrected chi connectivity index (χ2v) is 5.60. The molecule has 3 N–H and O–H groups in total. The standard InChI is InChI=1S/C16H24N2O.ClH/c1-12(13-6-2-3-7-13)18-16(19)11-10-14-8-4-5-9-15(14)17;/h4-5,8-9,12-13H,2-3,6-7,10-11,17H2,1H3,(H,18,19);1H. The van der Waals surface area contributed by atoms with Gasteiger partial charge in [0.05, 0.1) is 0 Å². The minimum Gasteiger partial charge on any atom is -0.399 e. The summed E-state index contributed by atoms with van der Waals surface area (Å²) in [4.78, 5) is 11.9. The largest absolute Gasteiger partial charge is 0.399 e. The van der Waals surface area contributed by atoms with Crippen LogP contribution in [0.25, 0.3) is 0 Å². The number of hydrogen-bond donors (Lipinski definition) is 2. The molecule has 0 saturated heterocycles. The Hall–Kier alpha value is -1.22. The SMILES string of the molecule is CC(NC(=O)CCc1ccccc1N)C1CCCC1.Cl. The number of carbonyl (C=O) groups excluding carboxylic acids is 1. The number of nitrogens with one attached hydrogen (secondary N) is 1. The molecular weight excluding hydrogens is 272 g/mol. The molecule has 1 amide bonds. The van der Waals surface area contributed by atoms with Crippen LogP contribution in [0.3, 0.4) is 0 Å². The van der Waals surface area contributed by atoms with Crippen molar-refractivity contribution in [2.45, 2.75) is 51.5 Å². The predicted molar refractivity (Wildman–Crippen MR) is 86.0 cm³/mol. The summed E-state index contributed by atoms with van der Waals surface area (Å²) < 4.78 is 0. The number of aryl methyl sites for hydroxylation is 1. The number of benzene rings is 1. The molecule has 1 aliphatic carbocycles. The fourth-order valence-corrected chi connectivity index (χ4v) is 2.91. The minimum atomic E-state index is 0. The van der Waals surface area contributed by atoms with Gasteiger partial charge in [-0.3, -0.25) is 4.79 Å². The summed E-state index contributed by atoms with van der Waals surface area (Å²) in [5.41, 5.74) is 7.71. The van der Waals surface area contributed by atoms with Crippen molar-refractivity contribution >= 4 is 24.0 Å². The molecule has 1 fully saturated rings. The Morgan fingerprint density at radius 2 is 2.00 bits per heavy atom.